The van der Waals surface area contributed by atoms with E-state index in [2.05, 4.69) is 36.1 Å². The summed E-state index contributed by atoms with van der Waals surface area (Å²) in [6, 6.07) is 12.8. The Morgan fingerprint density at radius 2 is 1.81 bits per heavy atom. The Labute approximate surface area is 164 Å². The molecular weight excluding hydrogens is 363 g/mol. The maximum atomic E-state index is 13.5. The molecule has 0 spiro atoms. The van der Waals surface area contributed by atoms with Gasteiger partial charge in [-0.3, -0.25) is 9.69 Å². The van der Waals surface area contributed by atoms with Crippen LogP contribution in [0.2, 0.25) is 0 Å². The first kappa shape index (κ1) is 19.7. The van der Waals surface area contributed by atoms with Crippen LogP contribution in [0.1, 0.15) is 11.1 Å². The van der Waals surface area contributed by atoms with Crippen LogP contribution >= 0.6 is 11.8 Å². The quantitative estimate of drug-likeness (QED) is 0.708. The largest absolute Gasteiger partial charge is 0.496 e. The van der Waals surface area contributed by atoms with Gasteiger partial charge in [-0.05, 0) is 37.3 Å². The lowest BCUT2D eigenvalue weighted by molar-refractivity contribution is -0.130. The van der Waals surface area contributed by atoms with Gasteiger partial charge in [-0.2, -0.15) is 0 Å². The van der Waals surface area contributed by atoms with E-state index in [4.69, 9.17) is 4.74 Å². The van der Waals surface area contributed by atoms with Gasteiger partial charge in [0.05, 0.1) is 12.9 Å². The monoisotopic (exact) mass is 388 g/mol. The second-order valence-electron chi connectivity index (χ2n) is 6.71. The number of benzene rings is 2. The van der Waals surface area contributed by atoms with Gasteiger partial charge < -0.3 is 9.64 Å². The van der Waals surface area contributed by atoms with E-state index in [-0.39, 0.29) is 11.7 Å². The number of halogens is 1. The maximum Gasteiger partial charge on any atom is 0.233 e. The summed E-state index contributed by atoms with van der Waals surface area (Å²) in [7, 11) is 1.60. The van der Waals surface area contributed by atoms with Gasteiger partial charge >= 0.3 is 0 Å². The van der Waals surface area contributed by atoms with Crippen LogP contribution in [0.4, 0.5) is 4.39 Å². The van der Waals surface area contributed by atoms with Gasteiger partial charge in [0.2, 0.25) is 5.91 Å². The highest BCUT2D eigenvalue weighted by Crippen LogP contribution is 2.22. The minimum atomic E-state index is -0.257. The van der Waals surface area contributed by atoms with Crippen LogP contribution in [0, 0.1) is 12.7 Å². The Morgan fingerprint density at radius 1 is 1.11 bits per heavy atom. The fourth-order valence-electron chi connectivity index (χ4n) is 3.14. The van der Waals surface area contributed by atoms with Crippen LogP contribution < -0.4 is 4.74 Å². The molecule has 144 valence electrons. The first-order chi connectivity index (χ1) is 13.0. The molecule has 1 fully saturated rings. The number of rotatable bonds is 6. The van der Waals surface area contributed by atoms with Crippen molar-refractivity contribution in [3.63, 3.8) is 0 Å². The Bertz CT molecular complexity index is 774. The second kappa shape index (κ2) is 9.24. The molecule has 1 saturated heterocycles. The number of hydrogen-bond donors (Lipinski definition) is 0. The lowest BCUT2D eigenvalue weighted by Crippen LogP contribution is -2.48. The van der Waals surface area contributed by atoms with Gasteiger partial charge in [0.25, 0.3) is 0 Å². The molecule has 2 aromatic carbocycles. The Balaban J connectivity index is 1.47. The first-order valence-corrected chi connectivity index (χ1v) is 10.1. The van der Waals surface area contributed by atoms with E-state index < -0.39 is 0 Å². The zero-order chi connectivity index (χ0) is 19.2. The number of hydrogen-bond acceptors (Lipinski definition) is 4. The van der Waals surface area contributed by atoms with Gasteiger partial charge in [-0.15, -0.1) is 11.8 Å². The smallest absolute Gasteiger partial charge is 0.233 e. The van der Waals surface area contributed by atoms with Crippen LogP contribution in [0.15, 0.2) is 47.4 Å². The summed E-state index contributed by atoms with van der Waals surface area (Å²) in [5, 5.41) is 0. The molecule has 0 bridgehead atoms. The van der Waals surface area contributed by atoms with Gasteiger partial charge in [-0.1, -0.05) is 17.7 Å². The van der Waals surface area contributed by atoms with Crippen molar-refractivity contribution in [3.05, 3.63) is 59.4 Å². The van der Waals surface area contributed by atoms with E-state index in [0.29, 0.717) is 31.1 Å². The summed E-state index contributed by atoms with van der Waals surface area (Å²) < 4.78 is 18.8. The normalized spacial score (nSPS) is 15.0. The number of ether oxygens (including phenoxy) is 1. The summed E-state index contributed by atoms with van der Waals surface area (Å²) in [5.41, 5.74) is 2.06. The van der Waals surface area contributed by atoms with Gasteiger partial charge in [0.15, 0.2) is 0 Å². The van der Waals surface area contributed by atoms with Crippen molar-refractivity contribution in [1.29, 1.82) is 0 Å². The summed E-state index contributed by atoms with van der Waals surface area (Å²) in [5.74, 6) is 1.07. The molecule has 0 aromatic heterocycles. The topological polar surface area (TPSA) is 32.8 Å². The van der Waals surface area contributed by atoms with Crippen molar-refractivity contribution in [1.82, 2.24) is 9.80 Å². The number of carbonyl (C=O) groups is 1. The van der Waals surface area contributed by atoms with E-state index in [1.165, 1.54) is 17.7 Å². The zero-order valence-electron chi connectivity index (χ0n) is 15.8. The summed E-state index contributed by atoms with van der Waals surface area (Å²) in [4.78, 5) is 17.7. The van der Waals surface area contributed by atoms with Crippen LogP contribution in [0.5, 0.6) is 5.75 Å². The zero-order valence-corrected chi connectivity index (χ0v) is 16.6. The number of methoxy groups -OCH3 is 1. The van der Waals surface area contributed by atoms with E-state index in [9.17, 15) is 9.18 Å². The molecule has 6 heteroatoms. The average molecular weight is 389 g/mol. The Hall–Kier alpha value is -2.05. The molecule has 0 aliphatic carbocycles. The Morgan fingerprint density at radius 3 is 2.48 bits per heavy atom. The third-order valence-electron chi connectivity index (χ3n) is 4.74. The van der Waals surface area contributed by atoms with Crippen molar-refractivity contribution < 1.29 is 13.9 Å². The van der Waals surface area contributed by atoms with Crippen LogP contribution in [0.3, 0.4) is 0 Å². The molecule has 0 atom stereocenters. The van der Waals surface area contributed by atoms with Crippen LogP contribution in [-0.2, 0) is 11.3 Å². The molecule has 0 N–H and O–H groups in total. The maximum absolute atomic E-state index is 13.5. The van der Waals surface area contributed by atoms with Gasteiger partial charge in [0, 0.05) is 43.2 Å². The first-order valence-electron chi connectivity index (χ1n) is 9.07. The molecule has 1 amide bonds. The minimum Gasteiger partial charge on any atom is -0.496 e. The van der Waals surface area contributed by atoms with Crippen molar-refractivity contribution in [2.45, 2.75) is 18.4 Å². The van der Waals surface area contributed by atoms with Crippen LogP contribution in [-0.4, -0.2) is 54.7 Å². The number of amides is 1. The summed E-state index contributed by atoms with van der Waals surface area (Å²) in [6.07, 6.45) is 0. The Kier molecular flexibility index (Phi) is 6.74. The van der Waals surface area contributed by atoms with Crippen molar-refractivity contribution in [3.8, 4) is 5.75 Å². The van der Waals surface area contributed by atoms with Crippen molar-refractivity contribution >= 4 is 17.7 Å². The molecule has 0 unspecified atom stereocenters. The molecule has 1 heterocycles. The molecule has 1 aliphatic heterocycles. The second-order valence-corrected chi connectivity index (χ2v) is 7.76. The fourth-order valence-corrected chi connectivity index (χ4v) is 3.94. The lowest BCUT2D eigenvalue weighted by atomic mass is 10.1. The molecule has 1 aliphatic rings. The minimum absolute atomic E-state index is 0.170. The van der Waals surface area contributed by atoms with E-state index in [0.717, 1.165) is 23.5 Å². The standard InChI is InChI=1S/C21H25FN2O2S/c1-16-3-6-19(7-4-16)27-15-21(25)24-11-9-23(10-12-24)14-17-13-18(22)5-8-20(17)26-2/h3-8,13H,9-12,14-15H2,1-2H3. The molecule has 4 nitrogen and oxygen atoms in total. The molecule has 0 radical (unpaired) electrons. The lowest BCUT2D eigenvalue weighted by Gasteiger charge is -2.35. The average Bonchev–Trinajstić information content (AvgIpc) is 2.68. The highest BCUT2D eigenvalue weighted by atomic mass is 32.2. The van der Waals surface area contributed by atoms with Crippen molar-refractivity contribution in [2.75, 3.05) is 39.0 Å². The van der Waals surface area contributed by atoms with Crippen LogP contribution in [0.25, 0.3) is 0 Å². The number of aryl methyl sites for hydroxylation is 1. The number of thioether (sulfide) groups is 1. The third kappa shape index (κ3) is 5.47. The van der Waals surface area contributed by atoms with Crippen molar-refractivity contribution in [2.24, 2.45) is 0 Å². The number of carbonyl (C=O) groups excluding carboxylic acids is 1. The highest BCUT2D eigenvalue weighted by Gasteiger charge is 2.22. The highest BCUT2D eigenvalue weighted by molar-refractivity contribution is 8.00. The number of piperazine rings is 1. The molecule has 27 heavy (non-hydrogen) atoms. The van der Waals surface area contributed by atoms with Gasteiger partial charge in [0.1, 0.15) is 11.6 Å². The van der Waals surface area contributed by atoms with Gasteiger partial charge in [-0.25, -0.2) is 4.39 Å². The van der Waals surface area contributed by atoms with E-state index in [1.807, 2.05) is 4.90 Å². The number of nitrogens with zero attached hydrogens (tertiary/aromatic N) is 2. The molecule has 3 rings (SSSR count). The van der Waals surface area contributed by atoms with E-state index in [1.54, 1.807) is 24.9 Å². The molecule has 0 saturated carbocycles. The fraction of sp³-hybridized carbons (Fsp3) is 0.381. The van der Waals surface area contributed by atoms with E-state index >= 15 is 0 Å². The molecule has 2 aromatic rings. The third-order valence-corrected chi connectivity index (χ3v) is 5.74. The summed E-state index contributed by atoms with van der Waals surface area (Å²) in [6.45, 7) is 5.64. The summed E-state index contributed by atoms with van der Waals surface area (Å²) >= 11 is 1.58. The SMILES string of the molecule is COc1ccc(F)cc1CN1CCN(C(=O)CSc2ccc(C)cc2)CC1. The predicted molar refractivity (Wildman–Crippen MR) is 107 cm³/mol. The predicted octanol–water partition coefficient (Wildman–Crippen LogP) is 3.58. The molecular formula is C21H25FN2O2S.